The van der Waals surface area contributed by atoms with Gasteiger partial charge >= 0.3 is 5.97 Å². The second kappa shape index (κ2) is 12.5. The summed E-state index contributed by atoms with van der Waals surface area (Å²) in [6.45, 7) is 20.3. The number of benzene rings is 1. The molecule has 280 valence electrons. The molecule has 1 N–H and O–H groups in total. The van der Waals surface area contributed by atoms with Crippen LogP contribution in [0.25, 0.3) is 5.57 Å². The van der Waals surface area contributed by atoms with Crippen LogP contribution in [0.15, 0.2) is 42.5 Å². The van der Waals surface area contributed by atoms with Crippen molar-refractivity contribution in [1.29, 1.82) is 0 Å². The van der Waals surface area contributed by atoms with Crippen molar-refractivity contribution in [3.63, 3.8) is 0 Å². The maximum atomic E-state index is 13.9. The van der Waals surface area contributed by atoms with Crippen LogP contribution in [0.4, 0.5) is 8.78 Å². The Bertz CT molecular complexity index is 1590. The Kier molecular flexibility index (Phi) is 9.03. The van der Waals surface area contributed by atoms with Gasteiger partial charge < -0.3 is 10.1 Å². The molecule has 1 heterocycles. The third kappa shape index (κ3) is 5.68. The number of carbonyl (C=O) groups is 2. The normalized spacial score (nSPS) is 41.2. The highest BCUT2D eigenvalue weighted by atomic mass is 19.3. The molecule has 5 aliphatic carbocycles. The quantitative estimate of drug-likeness (QED) is 0.237. The highest BCUT2D eigenvalue weighted by Gasteiger charge is 2.70. The van der Waals surface area contributed by atoms with E-state index < -0.39 is 5.92 Å². The standard InChI is InChI=1S/C44H62F2N2O3/c1-28(2)31-15-20-43(47-36(49)27-48-25-23-44(45,46)24-26-48)22-21-41(6)33(37(31)43)13-14-35-40(5)18-16-32(29-9-11-30(12-10-29)38(50)51-8)39(3,4)34(40)17-19-42(35,41)7/h9-12,16,31,33-35,37H,1,13-15,17-27H2,2-8H3,(H,47,49)/t31?,33-,34?,35?,37?,40+,41-,42-,43+/m1/s1. The number of fused-ring (bicyclic) bond motifs is 7. The van der Waals surface area contributed by atoms with Gasteiger partial charge in [-0.2, -0.15) is 0 Å². The number of amides is 1. The van der Waals surface area contributed by atoms with E-state index in [4.69, 9.17) is 4.74 Å². The van der Waals surface area contributed by atoms with E-state index in [0.717, 1.165) is 32.1 Å². The van der Waals surface area contributed by atoms with Crippen LogP contribution in [-0.2, 0) is 9.53 Å². The zero-order valence-electron chi connectivity index (χ0n) is 32.3. The maximum Gasteiger partial charge on any atom is 0.337 e. The molecule has 0 aromatic heterocycles. The molecule has 0 bridgehead atoms. The summed E-state index contributed by atoms with van der Waals surface area (Å²) in [6.07, 6.45) is 12.2. The first-order chi connectivity index (χ1) is 23.9. The topological polar surface area (TPSA) is 58.6 Å². The number of nitrogens with one attached hydrogen (secondary N) is 1. The monoisotopic (exact) mass is 704 g/mol. The Hall–Kier alpha value is -2.54. The number of likely N-dealkylation sites (tertiary alicyclic amines) is 1. The van der Waals surface area contributed by atoms with E-state index in [1.165, 1.54) is 49.5 Å². The Morgan fingerprint density at radius 1 is 0.882 bits per heavy atom. The molecule has 1 aliphatic heterocycles. The lowest BCUT2D eigenvalue weighted by Crippen LogP contribution is -2.68. The summed E-state index contributed by atoms with van der Waals surface area (Å²) in [4.78, 5) is 27.8. The van der Waals surface area contributed by atoms with Crippen molar-refractivity contribution >= 4 is 17.4 Å². The van der Waals surface area contributed by atoms with E-state index >= 15 is 0 Å². The van der Waals surface area contributed by atoms with E-state index in [2.05, 4.69) is 71.6 Å². The first-order valence-corrected chi connectivity index (χ1v) is 19.9. The minimum atomic E-state index is -2.61. The number of esters is 1. The van der Waals surface area contributed by atoms with Crippen molar-refractivity contribution in [3.8, 4) is 0 Å². The predicted molar refractivity (Wildman–Crippen MR) is 199 cm³/mol. The van der Waals surface area contributed by atoms with Crippen molar-refractivity contribution in [2.24, 2.45) is 51.2 Å². The van der Waals surface area contributed by atoms with Crippen LogP contribution < -0.4 is 5.32 Å². The molecule has 1 aromatic rings. The van der Waals surface area contributed by atoms with Gasteiger partial charge in [-0.05, 0) is 139 Å². The number of ether oxygens (including phenoxy) is 1. The number of methoxy groups -OCH3 is 1. The second-order valence-electron chi connectivity index (χ2n) is 19.1. The Labute approximate surface area is 305 Å². The molecular weight excluding hydrogens is 642 g/mol. The smallest absolute Gasteiger partial charge is 0.337 e. The van der Waals surface area contributed by atoms with Gasteiger partial charge in [0.25, 0.3) is 5.92 Å². The summed E-state index contributed by atoms with van der Waals surface area (Å²) in [5.41, 5.74) is 4.69. The molecule has 1 saturated heterocycles. The Morgan fingerprint density at radius 3 is 2.22 bits per heavy atom. The molecule has 51 heavy (non-hydrogen) atoms. The van der Waals surface area contributed by atoms with Gasteiger partial charge in [-0.3, -0.25) is 9.69 Å². The van der Waals surface area contributed by atoms with Crippen LogP contribution in [0.1, 0.15) is 128 Å². The number of rotatable bonds is 6. The first kappa shape index (κ1) is 36.8. The number of piperidine rings is 1. The fraction of sp³-hybridized carbons (Fsp3) is 0.727. The lowest BCUT2D eigenvalue weighted by Gasteiger charge is -2.72. The summed E-state index contributed by atoms with van der Waals surface area (Å²) < 4.78 is 32.7. The highest BCUT2D eigenvalue weighted by Crippen LogP contribution is 2.76. The summed E-state index contributed by atoms with van der Waals surface area (Å²) >= 11 is 0. The summed E-state index contributed by atoms with van der Waals surface area (Å²) in [7, 11) is 1.43. The van der Waals surface area contributed by atoms with E-state index in [-0.39, 0.29) is 71.6 Å². The van der Waals surface area contributed by atoms with Crippen molar-refractivity contribution in [3.05, 3.63) is 53.6 Å². The van der Waals surface area contributed by atoms with Gasteiger partial charge in [0.15, 0.2) is 0 Å². The molecular formula is C44H62F2N2O3. The van der Waals surface area contributed by atoms with E-state index in [1.54, 1.807) is 0 Å². The molecule has 0 spiro atoms. The lowest BCUT2D eigenvalue weighted by molar-refractivity contribution is -0.219. The highest BCUT2D eigenvalue weighted by molar-refractivity contribution is 5.90. The molecule has 4 unspecified atom stereocenters. The molecule has 7 rings (SSSR count). The zero-order chi connectivity index (χ0) is 36.8. The van der Waals surface area contributed by atoms with Crippen molar-refractivity contribution in [1.82, 2.24) is 10.2 Å². The maximum absolute atomic E-state index is 13.9. The largest absolute Gasteiger partial charge is 0.465 e. The van der Waals surface area contributed by atoms with Gasteiger partial charge in [-0.25, -0.2) is 13.6 Å². The predicted octanol–water partition coefficient (Wildman–Crippen LogP) is 9.72. The third-order valence-electron chi connectivity index (χ3n) is 16.6. The minimum Gasteiger partial charge on any atom is -0.465 e. The SMILES string of the molecule is C=C(C)C1CC[C@]2(NC(=O)CN3CCC(F)(F)CC3)CC[C@]3(C)[C@H](CCC4[C@@]5(C)CC=C(c6ccc(C(=O)OC)cc6)C(C)(C)C5CC[C@]43C)C12. The van der Waals surface area contributed by atoms with Gasteiger partial charge in [0.1, 0.15) is 0 Å². The Morgan fingerprint density at radius 2 is 1.57 bits per heavy atom. The van der Waals surface area contributed by atoms with E-state index in [0.29, 0.717) is 35.2 Å². The van der Waals surface area contributed by atoms with Gasteiger partial charge in [0, 0.05) is 31.5 Å². The van der Waals surface area contributed by atoms with Gasteiger partial charge in [-0.1, -0.05) is 65.0 Å². The molecule has 5 fully saturated rings. The van der Waals surface area contributed by atoms with Crippen molar-refractivity contribution in [2.45, 2.75) is 124 Å². The molecule has 1 amide bonds. The van der Waals surface area contributed by atoms with Crippen LogP contribution in [0.2, 0.25) is 0 Å². The number of hydrogen-bond donors (Lipinski definition) is 1. The number of halogens is 2. The molecule has 1 aromatic carbocycles. The average Bonchev–Trinajstić information content (AvgIpc) is 3.45. The second-order valence-corrected chi connectivity index (χ2v) is 19.1. The third-order valence-corrected chi connectivity index (χ3v) is 16.6. The number of nitrogens with zero attached hydrogens (tertiary/aromatic N) is 1. The lowest BCUT2D eigenvalue weighted by atomic mass is 9.33. The number of carbonyl (C=O) groups excluding carboxylic acids is 2. The van der Waals surface area contributed by atoms with Gasteiger partial charge in [-0.15, -0.1) is 0 Å². The number of hydrogen-bond acceptors (Lipinski definition) is 4. The Balaban J connectivity index is 1.15. The van der Waals surface area contributed by atoms with Gasteiger partial charge in [0.05, 0.1) is 19.2 Å². The fourth-order valence-corrected chi connectivity index (χ4v) is 13.9. The molecule has 0 radical (unpaired) electrons. The van der Waals surface area contributed by atoms with Crippen molar-refractivity contribution < 1.29 is 23.1 Å². The average molecular weight is 705 g/mol. The van der Waals surface area contributed by atoms with Crippen LogP contribution in [0.3, 0.4) is 0 Å². The van der Waals surface area contributed by atoms with Crippen molar-refractivity contribution in [2.75, 3.05) is 26.7 Å². The first-order valence-electron chi connectivity index (χ1n) is 19.9. The molecule has 4 saturated carbocycles. The molecule has 6 aliphatic rings. The van der Waals surface area contributed by atoms with E-state index in [1.807, 2.05) is 17.0 Å². The van der Waals surface area contributed by atoms with Crippen LogP contribution in [0, 0.1) is 51.2 Å². The van der Waals surface area contributed by atoms with E-state index in [9.17, 15) is 18.4 Å². The zero-order valence-corrected chi connectivity index (χ0v) is 32.3. The summed E-state index contributed by atoms with van der Waals surface area (Å²) in [5, 5.41) is 3.64. The van der Waals surface area contributed by atoms with Crippen LogP contribution in [-0.4, -0.2) is 55.0 Å². The molecule has 5 nitrogen and oxygen atoms in total. The van der Waals surface area contributed by atoms with Crippen LogP contribution in [0.5, 0.6) is 0 Å². The molecule has 7 heteroatoms. The van der Waals surface area contributed by atoms with Gasteiger partial charge in [0.2, 0.25) is 5.91 Å². The summed E-state index contributed by atoms with van der Waals surface area (Å²) in [6, 6.07) is 7.99. The molecule has 9 atom stereocenters. The number of alkyl halides is 2. The number of allylic oxidation sites excluding steroid dienone is 3. The summed E-state index contributed by atoms with van der Waals surface area (Å²) in [5.74, 6) is -0.501. The fourth-order valence-electron chi connectivity index (χ4n) is 13.9. The van der Waals surface area contributed by atoms with Crippen LogP contribution >= 0.6 is 0 Å². The minimum absolute atomic E-state index is 0.00831.